The van der Waals surface area contributed by atoms with Gasteiger partial charge in [0.15, 0.2) is 0 Å². The molecular formula is C12H17LiNO7P. The maximum Gasteiger partial charge on any atom is 1.00 e. The zero-order chi connectivity index (χ0) is 15.9. The first-order valence-electron chi connectivity index (χ1n) is 5.82. The Morgan fingerprint density at radius 3 is 2.27 bits per heavy atom. The molecule has 1 unspecified atom stereocenters. The van der Waals surface area contributed by atoms with E-state index in [1.807, 2.05) is 0 Å². The summed E-state index contributed by atoms with van der Waals surface area (Å²) in [5.74, 6) is -3.00. The zero-order valence-electron chi connectivity index (χ0n) is 13.6. The van der Waals surface area contributed by atoms with Crippen molar-refractivity contribution in [2.45, 2.75) is 12.4 Å². The second-order valence-corrected chi connectivity index (χ2v) is 6.16. The first-order chi connectivity index (χ1) is 9.92. The molecule has 118 valence electrons. The predicted molar refractivity (Wildman–Crippen MR) is 73.4 cm³/mol. The van der Waals surface area contributed by atoms with Gasteiger partial charge < -0.3 is 25.7 Å². The Bertz CT molecular complexity index is 537. The van der Waals surface area contributed by atoms with E-state index in [4.69, 9.17) is 10.5 Å². The van der Waals surface area contributed by atoms with E-state index in [-0.39, 0.29) is 26.9 Å². The summed E-state index contributed by atoms with van der Waals surface area (Å²) in [5, 5.41) is 0. The van der Waals surface area contributed by atoms with Crippen LogP contribution in [0.15, 0.2) is 30.3 Å². The van der Waals surface area contributed by atoms with Gasteiger partial charge in [0.05, 0.1) is 0 Å². The van der Waals surface area contributed by atoms with Crippen molar-refractivity contribution in [1.82, 2.24) is 0 Å². The summed E-state index contributed by atoms with van der Waals surface area (Å²) in [6.07, 6.45) is -1.25. The zero-order valence-corrected chi connectivity index (χ0v) is 13.4. The molecule has 0 saturated carbocycles. The first kappa shape index (κ1) is 20.9. The van der Waals surface area contributed by atoms with Gasteiger partial charge in [0.1, 0.15) is 6.61 Å². The van der Waals surface area contributed by atoms with Crippen LogP contribution >= 0.6 is 7.60 Å². The fourth-order valence-corrected chi connectivity index (χ4v) is 2.23. The number of ether oxygens (including phenoxy) is 2. The number of carbonyl (C=O) groups is 2. The summed E-state index contributed by atoms with van der Waals surface area (Å²) >= 11 is 0. The van der Waals surface area contributed by atoms with Crippen molar-refractivity contribution in [3.05, 3.63) is 35.9 Å². The molecule has 1 aromatic carbocycles. The van der Waals surface area contributed by atoms with E-state index in [2.05, 4.69) is 13.8 Å². The Morgan fingerprint density at radius 1 is 1.23 bits per heavy atom. The van der Waals surface area contributed by atoms with Gasteiger partial charge >= 0.3 is 38.6 Å². The summed E-state index contributed by atoms with van der Waals surface area (Å²) in [6.45, 7) is -0.0750. The molecule has 0 spiro atoms. The molecule has 0 aliphatic carbocycles. The molecule has 22 heavy (non-hydrogen) atoms. The third kappa shape index (κ3) is 5.93. The van der Waals surface area contributed by atoms with Gasteiger partial charge in [-0.25, -0.2) is 9.59 Å². The van der Waals surface area contributed by atoms with Crippen LogP contribution in [-0.2, 0) is 34.5 Å². The van der Waals surface area contributed by atoms with Crippen LogP contribution in [-0.4, -0.2) is 32.1 Å². The maximum absolute atomic E-state index is 11.8. The number of hydrogen-bond acceptors (Lipinski definition) is 8. The number of rotatable bonds is 6. The van der Waals surface area contributed by atoms with E-state index in [1.54, 1.807) is 30.3 Å². The maximum atomic E-state index is 11.8. The van der Waals surface area contributed by atoms with Crippen LogP contribution in [0.2, 0.25) is 0 Å². The SMILES string of the molecule is COP(=O)(OC)C(N)C(=O)OC(=O)OCc1ccccc1.[H-].[Li+]. The standard InChI is InChI=1S/C12H16NO7P.Li.H/c1-17-21(16,18-2)10(13)11(14)20-12(15)19-8-9-6-4-3-5-7-9;;/h3-7,10H,8,13H2,1-2H3;;/q;+1;-1. The van der Waals surface area contributed by atoms with E-state index in [9.17, 15) is 14.2 Å². The fourth-order valence-electron chi connectivity index (χ4n) is 1.32. The van der Waals surface area contributed by atoms with Gasteiger partial charge in [-0.3, -0.25) is 4.57 Å². The molecule has 0 aromatic heterocycles. The minimum Gasteiger partial charge on any atom is -1.00 e. The van der Waals surface area contributed by atoms with E-state index in [0.29, 0.717) is 5.56 Å². The fraction of sp³-hybridized carbons (Fsp3) is 0.333. The Hall–Kier alpha value is -1.13. The van der Waals surface area contributed by atoms with E-state index >= 15 is 0 Å². The smallest absolute Gasteiger partial charge is 1.00 e. The summed E-state index contributed by atoms with van der Waals surface area (Å²) in [7, 11) is -1.74. The van der Waals surface area contributed by atoms with Crippen LogP contribution < -0.4 is 24.6 Å². The van der Waals surface area contributed by atoms with Crippen molar-refractivity contribution >= 4 is 19.7 Å². The first-order valence-corrected chi connectivity index (χ1v) is 7.43. The summed E-state index contributed by atoms with van der Waals surface area (Å²) < 4.78 is 29.9. The van der Waals surface area contributed by atoms with Crippen LogP contribution in [0.1, 0.15) is 6.99 Å². The van der Waals surface area contributed by atoms with Crippen molar-refractivity contribution < 1.29 is 53.0 Å². The van der Waals surface area contributed by atoms with Gasteiger partial charge in [0, 0.05) is 14.2 Å². The molecular weight excluding hydrogens is 308 g/mol. The molecule has 0 aliphatic heterocycles. The Kier molecular flexibility index (Phi) is 9.29. The van der Waals surface area contributed by atoms with Gasteiger partial charge in [-0.05, 0) is 5.56 Å². The number of esters is 1. The molecule has 1 atom stereocenters. The average Bonchev–Trinajstić information content (AvgIpc) is 2.52. The van der Waals surface area contributed by atoms with Crippen molar-refractivity contribution in [1.29, 1.82) is 0 Å². The minimum atomic E-state index is -3.87. The average molecular weight is 325 g/mol. The quantitative estimate of drug-likeness (QED) is 0.299. The van der Waals surface area contributed by atoms with Gasteiger partial charge in [-0.2, -0.15) is 0 Å². The molecule has 2 N–H and O–H groups in total. The third-order valence-corrected chi connectivity index (χ3v) is 4.38. The monoisotopic (exact) mass is 325 g/mol. The largest absolute Gasteiger partial charge is 1.00 e. The Labute approximate surface area is 141 Å². The number of carbonyl (C=O) groups excluding carboxylic acids is 2. The van der Waals surface area contributed by atoms with Crippen molar-refractivity contribution in [2.75, 3.05) is 14.2 Å². The molecule has 0 radical (unpaired) electrons. The normalized spacial score (nSPS) is 12.0. The summed E-state index contributed by atoms with van der Waals surface area (Å²) in [4.78, 5) is 22.9. The number of hydrogen-bond donors (Lipinski definition) is 1. The minimum absolute atomic E-state index is 0. The molecule has 0 saturated heterocycles. The van der Waals surface area contributed by atoms with Crippen LogP contribution in [0.3, 0.4) is 0 Å². The van der Waals surface area contributed by atoms with Gasteiger partial charge in [0.25, 0.3) is 0 Å². The van der Waals surface area contributed by atoms with Crippen molar-refractivity contribution in [2.24, 2.45) is 5.73 Å². The molecule has 10 heteroatoms. The van der Waals surface area contributed by atoms with E-state index in [1.165, 1.54) is 0 Å². The molecule has 0 fully saturated rings. The van der Waals surface area contributed by atoms with E-state index < -0.39 is 25.5 Å². The van der Waals surface area contributed by atoms with Crippen LogP contribution in [0, 0.1) is 0 Å². The third-order valence-electron chi connectivity index (χ3n) is 2.47. The van der Waals surface area contributed by atoms with Gasteiger partial charge in [-0.15, -0.1) is 0 Å². The second kappa shape index (κ2) is 9.80. The molecule has 1 rings (SSSR count). The van der Waals surface area contributed by atoms with Crippen LogP contribution in [0.5, 0.6) is 0 Å². The van der Waals surface area contributed by atoms with Gasteiger partial charge in [-0.1, -0.05) is 30.3 Å². The topological polar surface area (TPSA) is 114 Å². The van der Waals surface area contributed by atoms with Crippen molar-refractivity contribution in [3.63, 3.8) is 0 Å². The number of nitrogens with two attached hydrogens (primary N) is 1. The van der Waals surface area contributed by atoms with Gasteiger partial charge in [0.2, 0.25) is 5.78 Å². The number of benzene rings is 1. The molecule has 1 aromatic rings. The predicted octanol–water partition coefficient (Wildman–Crippen LogP) is -1.25. The van der Waals surface area contributed by atoms with Crippen molar-refractivity contribution in [3.8, 4) is 0 Å². The van der Waals surface area contributed by atoms with Crippen LogP contribution in [0.4, 0.5) is 4.79 Å². The molecule has 8 nitrogen and oxygen atoms in total. The Morgan fingerprint density at radius 2 is 1.77 bits per heavy atom. The van der Waals surface area contributed by atoms with Crippen LogP contribution in [0.25, 0.3) is 0 Å². The molecule has 0 amide bonds. The van der Waals surface area contributed by atoms with E-state index in [0.717, 1.165) is 14.2 Å². The summed E-state index contributed by atoms with van der Waals surface area (Å²) in [5.41, 5.74) is 6.09. The summed E-state index contributed by atoms with van der Waals surface area (Å²) in [6, 6.07) is 8.78. The molecule has 0 bridgehead atoms. The second-order valence-electron chi connectivity index (χ2n) is 3.80. The molecule has 0 aliphatic rings. The molecule has 0 heterocycles. The Balaban J connectivity index is 0.